The Bertz CT molecular complexity index is 415. The number of ether oxygens (including phenoxy) is 1. The van der Waals surface area contributed by atoms with Gasteiger partial charge in [-0.1, -0.05) is 13.3 Å². The molecule has 0 saturated carbocycles. The first-order valence-corrected chi connectivity index (χ1v) is 5.61. The average molecular weight is 256 g/mol. The Morgan fingerprint density at radius 3 is 2.83 bits per heavy atom. The fourth-order valence-corrected chi connectivity index (χ4v) is 1.33. The monoisotopic (exact) mass is 256 g/mol. The van der Waals surface area contributed by atoms with Crippen molar-refractivity contribution in [3.05, 3.63) is 11.8 Å². The molecule has 0 saturated heterocycles. The topological polar surface area (TPSA) is 102 Å². The van der Waals surface area contributed by atoms with Crippen molar-refractivity contribution in [3.63, 3.8) is 0 Å². The molecule has 1 heterocycles. The van der Waals surface area contributed by atoms with Gasteiger partial charge in [0.05, 0.1) is 0 Å². The lowest BCUT2D eigenvalue weighted by Crippen LogP contribution is -2.42. The quantitative estimate of drug-likeness (QED) is 0.745. The molecule has 1 aromatic heterocycles. The molecule has 1 aromatic rings. The predicted octanol–water partition coefficient (Wildman–Crippen LogP) is 0.731. The Labute approximate surface area is 104 Å². The normalized spacial score (nSPS) is 11.9. The van der Waals surface area contributed by atoms with Crippen molar-refractivity contribution in [2.75, 3.05) is 6.61 Å². The van der Waals surface area contributed by atoms with Crippen LogP contribution in [0.25, 0.3) is 0 Å². The van der Waals surface area contributed by atoms with Crippen LogP contribution in [-0.4, -0.2) is 34.8 Å². The van der Waals surface area contributed by atoms with Gasteiger partial charge in [0.25, 0.3) is 11.8 Å². The minimum absolute atomic E-state index is 0.199. The van der Waals surface area contributed by atoms with Crippen molar-refractivity contribution in [2.45, 2.75) is 32.7 Å². The molecule has 18 heavy (non-hydrogen) atoms. The first kappa shape index (κ1) is 14.0. The van der Waals surface area contributed by atoms with Crippen molar-refractivity contribution in [1.82, 2.24) is 10.5 Å². The predicted molar refractivity (Wildman–Crippen MR) is 61.2 cm³/mol. The lowest BCUT2D eigenvalue weighted by atomic mass is 10.2. The highest BCUT2D eigenvalue weighted by Crippen LogP contribution is 2.09. The molecule has 0 radical (unpaired) electrons. The number of rotatable bonds is 7. The van der Waals surface area contributed by atoms with Gasteiger partial charge < -0.3 is 19.7 Å². The number of hydrogen-bond acceptors (Lipinski definition) is 5. The minimum atomic E-state index is -1.05. The molecule has 0 fully saturated rings. The van der Waals surface area contributed by atoms with Gasteiger partial charge in [-0.25, -0.2) is 4.79 Å². The van der Waals surface area contributed by atoms with Gasteiger partial charge in [-0.05, 0) is 18.5 Å². The maximum Gasteiger partial charge on any atom is 0.326 e. The van der Waals surface area contributed by atoms with Gasteiger partial charge in [0.15, 0.2) is 6.61 Å². The molecular formula is C11H16N2O5. The molecule has 0 bridgehead atoms. The van der Waals surface area contributed by atoms with Crippen LogP contribution in [0.4, 0.5) is 0 Å². The summed E-state index contributed by atoms with van der Waals surface area (Å²) in [6, 6.07) is 0.652. The van der Waals surface area contributed by atoms with Crippen molar-refractivity contribution in [1.29, 1.82) is 0 Å². The lowest BCUT2D eigenvalue weighted by Gasteiger charge is -2.13. The van der Waals surface area contributed by atoms with E-state index in [4.69, 9.17) is 14.4 Å². The molecule has 0 aromatic carbocycles. The number of aromatic nitrogens is 1. The highest BCUT2D eigenvalue weighted by molar-refractivity contribution is 5.84. The van der Waals surface area contributed by atoms with Crippen LogP contribution in [-0.2, 0) is 9.59 Å². The molecule has 0 spiro atoms. The molecule has 1 unspecified atom stereocenters. The highest BCUT2D eigenvalue weighted by atomic mass is 16.5. The maximum absolute atomic E-state index is 11.5. The van der Waals surface area contributed by atoms with Crippen molar-refractivity contribution < 1.29 is 24.0 Å². The van der Waals surface area contributed by atoms with Gasteiger partial charge in [0.1, 0.15) is 11.8 Å². The van der Waals surface area contributed by atoms with Crippen molar-refractivity contribution in [2.24, 2.45) is 0 Å². The summed E-state index contributed by atoms with van der Waals surface area (Å²) in [7, 11) is 0. The SMILES string of the molecule is CCCC(NC(=O)COc1cc(C)on1)C(=O)O. The number of nitrogens with zero attached hydrogens (tertiary/aromatic N) is 1. The number of carbonyl (C=O) groups is 2. The van der Waals surface area contributed by atoms with E-state index >= 15 is 0 Å². The third kappa shape index (κ3) is 4.44. The summed E-state index contributed by atoms with van der Waals surface area (Å²) in [5.41, 5.74) is 0. The zero-order valence-corrected chi connectivity index (χ0v) is 10.3. The second kappa shape index (κ2) is 6.63. The van der Waals surface area contributed by atoms with E-state index in [1.54, 1.807) is 6.92 Å². The van der Waals surface area contributed by atoms with Gasteiger partial charge in [-0.2, -0.15) is 0 Å². The van der Waals surface area contributed by atoms with E-state index in [0.717, 1.165) is 0 Å². The van der Waals surface area contributed by atoms with Crippen LogP contribution >= 0.6 is 0 Å². The number of aryl methyl sites for hydroxylation is 1. The average Bonchev–Trinajstić information content (AvgIpc) is 2.72. The smallest absolute Gasteiger partial charge is 0.326 e. The Morgan fingerprint density at radius 1 is 1.61 bits per heavy atom. The Balaban J connectivity index is 2.38. The van der Waals surface area contributed by atoms with E-state index in [9.17, 15) is 9.59 Å². The number of aliphatic carboxylic acids is 1. The summed E-state index contributed by atoms with van der Waals surface area (Å²) >= 11 is 0. The minimum Gasteiger partial charge on any atom is -0.480 e. The molecular weight excluding hydrogens is 240 g/mol. The van der Waals surface area contributed by atoms with Crippen LogP contribution in [0.3, 0.4) is 0 Å². The number of carbonyl (C=O) groups excluding carboxylic acids is 1. The lowest BCUT2D eigenvalue weighted by molar-refractivity contribution is -0.142. The Kier molecular flexibility index (Phi) is 5.16. The first-order valence-electron chi connectivity index (χ1n) is 5.61. The van der Waals surface area contributed by atoms with Crippen LogP contribution in [0, 0.1) is 6.92 Å². The molecule has 0 aliphatic heterocycles. The van der Waals surface area contributed by atoms with Gasteiger partial charge >= 0.3 is 5.97 Å². The first-order chi connectivity index (χ1) is 8.52. The third-order valence-electron chi connectivity index (χ3n) is 2.17. The van der Waals surface area contributed by atoms with Gasteiger partial charge in [-0.3, -0.25) is 4.79 Å². The number of carboxylic acid groups (broad SMARTS) is 1. The summed E-state index contributed by atoms with van der Waals surface area (Å²) in [6.07, 6.45) is 1.05. The molecule has 100 valence electrons. The fourth-order valence-electron chi connectivity index (χ4n) is 1.33. The van der Waals surface area contributed by atoms with E-state index in [1.165, 1.54) is 6.07 Å². The molecule has 1 rings (SSSR count). The Hall–Kier alpha value is -2.05. The third-order valence-corrected chi connectivity index (χ3v) is 2.17. The standard InChI is InChI=1S/C11H16N2O5/c1-3-4-8(11(15)16)12-9(14)6-17-10-5-7(2)18-13-10/h5,8H,3-4,6H2,1-2H3,(H,12,14)(H,15,16). The maximum atomic E-state index is 11.5. The zero-order chi connectivity index (χ0) is 13.5. The number of carboxylic acids is 1. The zero-order valence-electron chi connectivity index (χ0n) is 10.3. The summed E-state index contributed by atoms with van der Waals surface area (Å²) < 4.78 is 9.79. The molecule has 0 aliphatic rings. The second-order valence-electron chi connectivity index (χ2n) is 3.81. The summed E-state index contributed by atoms with van der Waals surface area (Å²) in [5, 5.41) is 14.8. The van der Waals surface area contributed by atoms with Crippen LogP contribution in [0.15, 0.2) is 10.6 Å². The molecule has 7 nitrogen and oxygen atoms in total. The van der Waals surface area contributed by atoms with Crippen LogP contribution in [0.2, 0.25) is 0 Å². The van der Waals surface area contributed by atoms with E-state index in [-0.39, 0.29) is 12.5 Å². The van der Waals surface area contributed by atoms with E-state index in [1.807, 2.05) is 6.92 Å². The molecule has 1 amide bonds. The van der Waals surface area contributed by atoms with E-state index < -0.39 is 17.9 Å². The molecule has 0 aliphatic carbocycles. The van der Waals surface area contributed by atoms with E-state index in [0.29, 0.717) is 18.6 Å². The van der Waals surface area contributed by atoms with Gasteiger partial charge in [0.2, 0.25) is 0 Å². The van der Waals surface area contributed by atoms with Crippen molar-refractivity contribution in [3.8, 4) is 5.88 Å². The highest BCUT2D eigenvalue weighted by Gasteiger charge is 2.19. The largest absolute Gasteiger partial charge is 0.480 e. The van der Waals surface area contributed by atoms with Gasteiger partial charge in [0, 0.05) is 6.07 Å². The second-order valence-corrected chi connectivity index (χ2v) is 3.81. The molecule has 7 heteroatoms. The fraction of sp³-hybridized carbons (Fsp3) is 0.545. The molecule has 2 N–H and O–H groups in total. The van der Waals surface area contributed by atoms with Crippen LogP contribution in [0.5, 0.6) is 5.88 Å². The summed E-state index contributed by atoms with van der Waals surface area (Å²) in [5.74, 6) is -0.788. The Morgan fingerprint density at radius 2 is 2.33 bits per heavy atom. The van der Waals surface area contributed by atoms with Crippen LogP contribution in [0.1, 0.15) is 25.5 Å². The summed E-state index contributed by atoms with van der Waals surface area (Å²) in [4.78, 5) is 22.3. The molecule has 1 atom stereocenters. The number of nitrogens with one attached hydrogen (secondary N) is 1. The number of hydrogen-bond donors (Lipinski definition) is 2. The number of amides is 1. The van der Waals surface area contributed by atoms with Gasteiger partial charge in [-0.15, -0.1) is 0 Å². The summed E-state index contributed by atoms with van der Waals surface area (Å²) in [6.45, 7) is 3.25. The van der Waals surface area contributed by atoms with Crippen molar-refractivity contribution >= 4 is 11.9 Å². The van der Waals surface area contributed by atoms with Crippen LogP contribution < -0.4 is 10.1 Å². The van der Waals surface area contributed by atoms with E-state index in [2.05, 4.69) is 10.5 Å².